The van der Waals surface area contributed by atoms with Crippen molar-refractivity contribution in [2.75, 3.05) is 18.8 Å². The summed E-state index contributed by atoms with van der Waals surface area (Å²) < 4.78 is 32.6. The number of nitrogens with zero attached hydrogens (tertiary/aromatic N) is 3. The van der Waals surface area contributed by atoms with E-state index in [9.17, 15) is 13.2 Å². The van der Waals surface area contributed by atoms with Crippen LogP contribution in [0.2, 0.25) is 5.02 Å². The second kappa shape index (κ2) is 8.89. The van der Waals surface area contributed by atoms with Crippen molar-refractivity contribution in [1.82, 2.24) is 14.5 Å². The van der Waals surface area contributed by atoms with Gasteiger partial charge in [-0.3, -0.25) is 4.79 Å². The zero-order valence-electron chi connectivity index (χ0n) is 15.8. The van der Waals surface area contributed by atoms with Crippen LogP contribution in [0, 0.1) is 0 Å². The number of hydrogen-bond donors (Lipinski definition) is 0. The smallest absolute Gasteiger partial charge is 0.277 e. The minimum atomic E-state index is -3.53. The maximum Gasteiger partial charge on any atom is 0.277 e. The van der Waals surface area contributed by atoms with E-state index in [1.807, 2.05) is 0 Å². The summed E-state index contributed by atoms with van der Waals surface area (Å²) in [5, 5.41) is 8.75. The van der Waals surface area contributed by atoms with Gasteiger partial charge >= 0.3 is 0 Å². The fraction of sp³-hybridized carbons (Fsp3) is 0.250. The van der Waals surface area contributed by atoms with E-state index in [1.165, 1.54) is 10.4 Å². The third-order valence-electron chi connectivity index (χ3n) is 4.68. The number of rotatable bonds is 7. The number of carbonyl (C=O) groups is 1. The predicted molar refractivity (Wildman–Crippen MR) is 114 cm³/mol. The Balaban J connectivity index is 1.46. The molecule has 0 unspecified atom stereocenters. The molecule has 1 aliphatic rings. The minimum absolute atomic E-state index is 0.0879. The summed E-state index contributed by atoms with van der Waals surface area (Å²) in [7, 11) is -3.53. The van der Waals surface area contributed by atoms with Crippen LogP contribution in [0.3, 0.4) is 0 Å². The molecule has 156 valence electrons. The van der Waals surface area contributed by atoms with E-state index in [2.05, 4.69) is 10.2 Å². The highest BCUT2D eigenvalue weighted by molar-refractivity contribution is 7.99. The Labute approximate surface area is 183 Å². The number of Topliss-reactive ketones (excluding diaryl/α,β-unsaturated/α-hetero) is 1. The monoisotopic (exact) mass is 463 g/mol. The van der Waals surface area contributed by atoms with Gasteiger partial charge in [0.15, 0.2) is 5.78 Å². The average Bonchev–Trinajstić information content (AvgIpc) is 3.45. The Kier molecular flexibility index (Phi) is 6.24. The second-order valence-electron chi connectivity index (χ2n) is 6.73. The number of carbonyl (C=O) groups excluding carboxylic acids is 1. The molecule has 0 aliphatic carbocycles. The number of halogens is 1. The predicted octanol–water partition coefficient (Wildman–Crippen LogP) is 4.15. The summed E-state index contributed by atoms with van der Waals surface area (Å²) in [5.41, 5.74) is 1.06. The largest absolute Gasteiger partial charge is 0.411 e. The molecule has 0 saturated carbocycles. The molecule has 1 aliphatic heterocycles. The number of aromatic nitrogens is 2. The van der Waals surface area contributed by atoms with Crippen LogP contribution in [-0.2, 0) is 10.0 Å². The molecule has 10 heteroatoms. The molecule has 2 aromatic carbocycles. The maximum atomic E-state index is 12.8. The SMILES string of the molecule is O=C(CSc1nnc(-c2cccc(S(=O)(=O)N3CCCC3)c2)o1)c1ccc(Cl)cc1. The number of thioether (sulfide) groups is 1. The summed E-state index contributed by atoms with van der Waals surface area (Å²) in [5.74, 6) is 0.247. The van der Waals surface area contributed by atoms with Gasteiger partial charge in [0.1, 0.15) is 0 Å². The van der Waals surface area contributed by atoms with Gasteiger partial charge in [-0.15, -0.1) is 10.2 Å². The van der Waals surface area contributed by atoms with Crippen LogP contribution in [0.4, 0.5) is 0 Å². The van der Waals surface area contributed by atoms with Gasteiger partial charge in [-0.25, -0.2) is 8.42 Å². The van der Waals surface area contributed by atoms with Gasteiger partial charge in [0.25, 0.3) is 5.22 Å². The molecular weight excluding hydrogens is 446 g/mol. The van der Waals surface area contributed by atoms with E-state index in [1.54, 1.807) is 42.5 Å². The molecule has 0 bridgehead atoms. The molecule has 0 radical (unpaired) electrons. The minimum Gasteiger partial charge on any atom is -0.411 e. The molecule has 4 rings (SSSR count). The Bertz CT molecular complexity index is 1160. The first kappa shape index (κ1) is 21.0. The summed E-state index contributed by atoms with van der Waals surface area (Å²) in [4.78, 5) is 12.5. The number of hydrogen-bond acceptors (Lipinski definition) is 7. The van der Waals surface area contributed by atoms with E-state index in [4.69, 9.17) is 16.0 Å². The highest BCUT2D eigenvalue weighted by Gasteiger charge is 2.27. The molecule has 1 fully saturated rings. The molecule has 7 nitrogen and oxygen atoms in total. The van der Waals surface area contributed by atoms with Gasteiger partial charge in [-0.2, -0.15) is 4.31 Å². The quantitative estimate of drug-likeness (QED) is 0.383. The van der Waals surface area contributed by atoms with Crippen LogP contribution < -0.4 is 0 Å². The molecular formula is C20H18ClN3O4S2. The van der Waals surface area contributed by atoms with Gasteiger partial charge < -0.3 is 4.42 Å². The summed E-state index contributed by atoms with van der Waals surface area (Å²) in [6.45, 7) is 1.07. The van der Waals surface area contributed by atoms with Gasteiger partial charge in [-0.05, 0) is 55.3 Å². The van der Waals surface area contributed by atoms with Crippen molar-refractivity contribution in [2.24, 2.45) is 0 Å². The van der Waals surface area contributed by atoms with Gasteiger partial charge in [0.2, 0.25) is 15.9 Å². The van der Waals surface area contributed by atoms with Crippen molar-refractivity contribution in [3.8, 4) is 11.5 Å². The molecule has 0 spiro atoms. The van der Waals surface area contributed by atoms with Crippen LogP contribution in [0.25, 0.3) is 11.5 Å². The lowest BCUT2D eigenvalue weighted by Gasteiger charge is -2.15. The van der Waals surface area contributed by atoms with Gasteiger partial charge in [-0.1, -0.05) is 29.4 Å². The standard InChI is InChI=1S/C20H18ClN3O4S2/c21-16-8-6-14(7-9-16)18(25)13-29-20-23-22-19(28-20)15-4-3-5-17(12-15)30(26,27)24-10-1-2-11-24/h3-9,12H,1-2,10-11,13H2. The van der Waals surface area contributed by atoms with Crippen molar-refractivity contribution >= 4 is 39.2 Å². The molecule has 2 heterocycles. The number of ketones is 1. The Morgan fingerprint density at radius 1 is 1.10 bits per heavy atom. The topological polar surface area (TPSA) is 93.4 Å². The van der Waals surface area contributed by atoms with Crippen molar-refractivity contribution in [3.05, 3.63) is 59.1 Å². The third-order valence-corrected chi connectivity index (χ3v) is 7.65. The highest BCUT2D eigenvalue weighted by atomic mass is 35.5. The van der Waals surface area contributed by atoms with Crippen LogP contribution in [0.15, 0.2) is 63.1 Å². The first-order chi connectivity index (χ1) is 14.4. The number of benzene rings is 2. The van der Waals surface area contributed by atoms with E-state index in [0.29, 0.717) is 29.2 Å². The summed E-state index contributed by atoms with van der Waals surface area (Å²) >= 11 is 6.96. The van der Waals surface area contributed by atoms with Gasteiger partial charge in [0, 0.05) is 29.2 Å². The van der Waals surface area contributed by atoms with Crippen LogP contribution in [0.1, 0.15) is 23.2 Å². The summed E-state index contributed by atoms with van der Waals surface area (Å²) in [6.07, 6.45) is 1.75. The normalized spacial score (nSPS) is 14.8. The Morgan fingerprint density at radius 2 is 1.83 bits per heavy atom. The van der Waals surface area contributed by atoms with Crippen LogP contribution in [0.5, 0.6) is 0 Å². The van der Waals surface area contributed by atoms with Crippen molar-refractivity contribution < 1.29 is 17.6 Å². The second-order valence-corrected chi connectivity index (χ2v) is 10.0. The summed E-state index contributed by atoms with van der Waals surface area (Å²) in [6, 6.07) is 13.1. The van der Waals surface area contributed by atoms with E-state index >= 15 is 0 Å². The maximum absolute atomic E-state index is 12.8. The fourth-order valence-corrected chi connectivity index (χ4v) is 5.45. The Morgan fingerprint density at radius 3 is 2.57 bits per heavy atom. The zero-order valence-corrected chi connectivity index (χ0v) is 18.2. The first-order valence-electron chi connectivity index (χ1n) is 9.29. The van der Waals surface area contributed by atoms with Crippen molar-refractivity contribution in [1.29, 1.82) is 0 Å². The lowest BCUT2D eigenvalue weighted by atomic mass is 10.1. The van der Waals surface area contributed by atoms with E-state index in [0.717, 1.165) is 24.6 Å². The molecule has 3 aromatic rings. The van der Waals surface area contributed by atoms with Crippen LogP contribution >= 0.6 is 23.4 Å². The lowest BCUT2D eigenvalue weighted by molar-refractivity contribution is 0.102. The zero-order chi connectivity index (χ0) is 21.1. The fourth-order valence-electron chi connectivity index (χ4n) is 3.10. The number of sulfonamides is 1. The molecule has 0 N–H and O–H groups in total. The molecule has 1 aromatic heterocycles. The molecule has 30 heavy (non-hydrogen) atoms. The molecule has 0 amide bonds. The third kappa shape index (κ3) is 4.59. The van der Waals surface area contributed by atoms with E-state index in [-0.39, 0.29) is 27.5 Å². The first-order valence-corrected chi connectivity index (χ1v) is 12.1. The lowest BCUT2D eigenvalue weighted by Crippen LogP contribution is -2.27. The molecule has 1 saturated heterocycles. The highest BCUT2D eigenvalue weighted by Crippen LogP contribution is 2.27. The van der Waals surface area contributed by atoms with Gasteiger partial charge in [0.05, 0.1) is 10.6 Å². The average molecular weight is 464 g/mol. The van der Waals surface area contributed by atoms with Crippen molar-refractivity contribution in [2.45, 2.75) is 23.0 Å². The van der Waals surface area contributed by atoms with Crippen molar-refractivity contribution in [3.63, 3.8) is 0 Å². The van der Waals surface area contributed by atoms with E-state index < -0.39 is 10.0 Å². The molecule has 0 atom stereocenters. The Hall–Kier alpha value is -2.20. The van der Waals surface area contributed by atoms with Crippen LogP contribution in [-0.4, -0.2) is 47.5 Å².